The molecule has 8 nitrogen and oxygen atoms in total. The number of nitrogens with one attached hydrogen (secondary N) is 2. The number of aromatic nitrogens is 2. The van der Waals surface area contributed by atoms with Crippen molar-refractivity contribution in [1.82, 2.24) is 20.6 Å². The van der Waals surface area contributed by atoms with Gasteiger partial charge in [0.25, 0.3) is 5.91 Å². The summed E-state index contributed by atoms with van der Waals surface area (Å²) in [5.41, 5.74) is 2.84. The van der Waals surface area contributed by atoms with E-state index in [1.807, 2.05) is 0 Å². The van der Waals surface area contributed by atoms with E-state index < -0.39 is 0 Å². The number of aryl methyl sites for hydroxylation is 2. The summed E-state index contributed by atoms with van der Waals surface area (Å²) in [6, 6.07) is 6.52. The fraction of sp³-hybridized carbons (Fsp3) is 0.480. The summed E-state index contributed by atoms with van der Waals surface area (Å²) < 4.78 is 13.5. The first-order chi connectivity index (χ1) is 16.2. The molecule has 2 unspecified atom stereocenters. The van der Waals surface area contributed by atoms with Gasteiger partial charge in [0, 0.05) is 25.9 Å². The summed E-state index contributed by atoms with van der Waals surface area (Å²) in [4.78, 5) is 38.2. The van der Waals surface area contributed by atoms with Gasteiger partial charge in [-0.3, -0.25) is 9.59 Å². The van der Waals surface area contributed by atoms with Crippen LogP contribution < -0.4 is 10.6 Å². The molecule has 0 saturated carbocycles. The second-order valence-corrected chi connectivity index (χ2v) is 8.66. The van der Waals surface area contributed by atoms with Gasteiger partial charge < -0.3 is 15.5 Å². The molecule has 2 atom stereocenters. The summed E-state index contributed by atoms with van der Waals surface area (Å²) in [6.45, 7) is 7.26. The smallest absolute Gasteiger partial charge is 0.270 e. The molecule has 2 heterocycles. The molecule has 0 saturated heterocycles. The van der Waals surface area contributed by atoms with Gasteiger partial charge in [-0.2, -0.15) is 0 Å². The summed E-state index contributed by atoms with van der Waals surface area (Å²) in [6.07, 6.45) is 4.04. The molecule has 9 heteroatoms. The second-order valence-electron chi connectivity index (χ2n) is 8.66. The topological polar surface area (TPSA) is 106 Å². The first-order valence-electron chi connectivity index (χ1n) is 11.6. The SMILES string of the molecule is CCC(CCCC1CC(c2cc(C(=O)NCc3ccc(F)c(C)c3)nc(C)n2)=NO1)NC(C)=O. The molecule has 182 valence electrons. The highest BCUT2D eigenvalue weighted by Crippen LogP contribution is 2.21. The molecule has 0 fully saturated rings. The van der Waals surface area contributed by atoms with E-state index in [0.717, 1.165) is 31.2 Å². The highest BCUT2D eigenvalue weighted by molar-refractivity contribution is 6.01. The van der Waals surface area contributed by atoms with Crippen molar-refractivity contribution in [3.8, 4) is 0 Å². The van der Waals surface area contributed by atoms with Gasteiger partial charge >= 0.3 is 0 Å². The van der Waals surface area contributed by atoms with Gasteiger partial charge in [0.2, 0.25) is 5.91 Å². The Morgan fingerprint density at radius 2 is 2.03 bits per heavy atom. The van der Waals surface area contributed by atoms with Crippen molar-refractivity contribution in [3.05, 3.63) is 58.4 Å². The molecule has 0 radical (unpaired) electrons. The van der Waals surface area contributed by atoms with Crippen molar-refractivity contribution < 1.29 is 18.8 Å². The lowest BCUT2D eigenvalue weighted by molar-refractivity contribution is -0.119. The number of rotatable bonds is 10. The minimum atomic E-state index is -0.339. The lowest BCUT2D eigenvalue weighted by Crippen LogP contribution is -2.32. The Balaban J connectivity index is 1.55. The van der Waals surface area contributed by atoms with E-state index in [-0.39, 0.29) is 42.0 Å². The Morgan fingerprint density at radius 1 is 1.24 bits per heavy atom. The average molecular weight is 470 g/mol. The quantitative estimate of drug-likeness (QED) is 0.551. The van der Waals surface area contributed by atoms with Crippen LogP contribution in [-0.4, -0.2) is 39.6 Å². The average Bonchev–Trinajstić information content (AvgIpc) is 3.27. The van der Waals surface area contributed by atoms with Crippen LogP contribution in [0.5, 0.6) is 0 Å². The van der Waals surface area contributed by atoms with E-state index in [4.69, 9.17) is 4.84 Å². The zero-order chi connectivity index (χ0) is 24.7. The summed E-state index contributed by atoms with van der Waals surface area (Å²) in [5, 5.41) is 9.98. The third kappa shape index (κ3) is 7.07. The molecule has 0 spiro atoms. The van der Waals surface area contributed by atoms with Crippen molar-refractivity contribution in [2.75, 3.05) is 0 Å². The Morgan fingerprint density at radius 3 is 2.74 bits per heavy atom. The molecule has 1 aliphatic heterocycles. The fourth-order valence-electron chi connectivity index (χ4n) is 3.91. The van der Waals surface area contributed by atoms with Gasteiger partial charge in [-0.25, -0.2) is 14.4 Å². The Kier molecular flexibility index (Phi) is 8.67. The summed E-state index contributed by atoms with van der Waals surface area (Å²) >= 11 is 0. The lowest BCUT2D eigenvalue weighted by atomic mass is 10.0. The highest BCUT2D eigenvalue weighted by Gasteiger charge is 2.24. The zero-order valence-corrected chi connectivity index (χ0v) is 20.2. The number of carbonyl (C=O) groups is 2. The number of oxime groups is 1. The van der Waals surface area contributed by atoms with E-state index in [0.29, 0.717) is 29.2 Å². The van der Waals surface area contributed by atoms with Gasteiger partial charge in [-0.1, -0.05) is 24.2 Å². The number of halogens is 1. The van der Waals surface area contributed by atoms with E-state index in [2.05, 4.69) is 32.7 Å². The normalized spacial score (nSPS) is 15.9. The van der Waals surface area contributed by atoms with E-state index in [9.17, 15) is 14.0 Å². The number of hydrogen-bond acceptors (Lipinski definition) is 6. The van der Waals surface area contributed by atoms with Crippen LogP contribution >= 0.6 is 0 Å². The Labute approximate surface area is 199 Å². The molecule has 0 aliphatic carbocycles. The van der Waals surface area contributed by atoms with Crippen molar-refractivity contribution in [3.63, 3.8) is 0 Å². The van der Waals surface area contributed by atoms with Gasteiger partial charge in [0.15, 0.2) is 0 Å². The number of nitrogens with zero attached hydrogens (tertiary/aromatic N) is 3. The van der Waals surface area contributed by atoms with Gasteiger partial charge in [0.05, 0.1) is 5.69 Å². The van der Waals surface area contributed by atoms with Crippen LogP contribution in [0, 0.1) is 19.7 Å². The van der Waals surface area contributed by atoms with E-state index >= 15 is 0 Å². The summed E-state index contributed by atoms with van der Waals surface area (Å²) in [5.74, 6) is -0.163. The number of hydrogen-bond donors (Lipinski definition) is 2. The van der Waals surface area contributed by atoms with Crippen molar-refractivity contribution >= 4 is 17.5 Å². The fourth-order valence-corrected chi connectivity index (χ4v) is 3.91. The van der Waals surface area contributed by atoms with E-state index in [1.165, 1.54) is 13.0 Å². The maximum atomic E-state index is 13.5. The predicted molar refractivity (Wildman–Crippen MR) is 127 cm³/mol. The van der Waals surface area contributed by atoms with Crippen LogP contribution in [0.1, 0.15) is 79.1 Å². The molecule has 1 aromatic heterocycles. The molecule has 0 bridgehead atoms. The minimum Gasteiger partial charge on any atom is -0.392 e. The lowest BCUT2D eigenvalue weighted by Gasteiger charge is -2.16. The van der Waals surface area contributed by atoms with Crippen LogP contribution in [0.25, 0.3) is 0 Å². The molecular formula is C25H32FN5O3. The number of carbonyl (C=O) groups excluding carboxylic acids is 2. The molecule has 2 amide bonds. The third-order valence-corrected chi connectivity index (χ3v) is 5.75. The van der Waals surface area contributed by atoms with Crippen LogP contribution in [0.2, 0.25) is 0 Å². The Hall–Kier alpha value is -3.36. The molecular weight excluding hydrogens is 437 g/mol. The Bertz CT molecular complexity index is 1070. The predicted octanol–water partition coefficient (Wildman–Crippen LogP) is 3.74. The number of amides is 2. The van der Waals surface area contributed by atoms with E-state index in [1.54, 1.807) is 32.0 Å². The largest absolute Gasteiger partial charge is 0.392 e. The summed E-state index contributed by atoms with van der Waals surface area (Å²) in [7, 11) is 0. The van der Waals surface area contributed by atoms with Crippen LogP contribution in [0.4, 0.5) is 4.39 Å². The maximum Gasteiger partial charge on any atom is 0.270 e. The minimum absolute atomic E-state index is 0.0127. The van der Waals surface area contributed by atoms with Gasteiger partial charge in [-0.05, 0) is 62.8 Å². The first kappa shape index (κ1) is 25.3. The molecule has 2 N–H and O–H groups in total. The molecule has 1 aliphatic rings. The molecule has 1 aromatic carbocycles. The standard InChI is InChI=1S/C25H32FN5O3/c1-5-19(30-17(4)32)7-6-8-20-12-23(31-34-20)22-13-24(29-16(3)28-22)25(33)27-14-18-9-10-21(26)15(2)11-18/h9-11,13,19-20H,5-8,12,14H2,1-4H3,(H,27,33)(H,30,32). The van der Waals surface area contributed by atoms with Crippen LogP contribution in [0.3, 0.4) is 0 Å². The zero-order valence-electron chi connectivity index (χ0n) is 20.2. The highest BCUT2D eigenvalue weighted by atomic mass is 19.1. The third-order valence-electron chi connectivity index (χ3n) is 5.75. The van der Waals surface area contributed by atoms with Crippen LogP contribution in [-0.2, 0) is 16.2 Å². The maximum absolute atomic E-state index is 13.5. The van der Waals surface area contributed by atoms with Gasteiger partial charge in [0.1, 0.15) is 29.2 Å². The second kappa shape index (κ2) is 11.7. The number of benzene rings is 1. The van der Waals surface area contributed by atoms with Crippen molar-refractivity contribution in [2.45, 2.75) is 78.5 Å². The van der Waals surface area contributed by atoms with Crippen molar-refractivity contribution in [2.24, 2.45) is 5.16 Å². The monoisotopic (exact) mass is 469 g/mol. The van der Waals surface area contributed by atoms with Crippen molar-refractivity contribution in [1.29, 1.82) is 0 Å². The molecule has 34 heavy (non-hydrogen) atoms. The first-order valence-corrected chi connectivity index (χ1v) is 11.6. The molecule has 2 aromatic rings. The molecule has 3 rings (SSSR count). The van der Waals surface area contributed by atoms with Crippen LogP contribution in [0.15, 0.2) is 29.4 Å². The van der Waals surface area contributed by atoms with Gasteiger partial charge in [-0.15, -0.1) is 0 Å².